The number of aliphatic hydroxyl groups excluding tert-OH is 2. The number of Topliss-reactive ketones (excluding diaryl/α,β-unsaturated/α-hetero) is 1. The summed E-state index contributed by atoms with van der Waals surface area (Å²) < 4.78 is 0. The van der Waals surface area contributed by atoms with Crippen LogP contribution >= 0.6 is 0 Å². The fourth-order valence-electron chi connectivity index (χ4n) is 3.34. The minimum atomic E-state index is -0.936. The Morgan fingerprint density at radius 1 is 1.30 bits per heavy atom. The number of anilines is 1. The van der Waals surface area contributed by atoms with Gasteiger partial charge in [-0.3, -0.25) is 4.79 Å². The maximum atomic E-state index is 12.4. The Morgan fingerprint density at radius 3 is 2.70 bits per heavy atom. The first-order valence-corrected chi connectivity index (χ1v) is 9.26. The Morgan fingerprint density at radius 2 is 2.07 bits per heavy atom. The lowest BCUT2D eigenvalue weighted by Gasteiger charge is -2.34. The Labute approximate surface area is 159 Å². The molecule has 2 N–H and O–H groups in total. The lowest BCUT2D eigenvalue weighted by Crippen LogP contribution is -2.37. The first-order valence-electron chi connectivity index (χ1n) is 9.26. The zero-order chi connectivity index (χ0) is 19.4. The van der Waals surface area contributed by atoms with Gasteiger partial charge in [0.15, 0.2) is 5.78 Å². The Balaban J connectivity index is 1.95. The van der Waals surface area contributed by atoms with Crippen molar-refractivity contribution in [3.05, 3.63) is 47.5 Å². The first kappa shape index (κ1) is 19.1. The van der Waals surface area contributed by atoms with Crippen LogP contribution in [0.2, 0.25) is 0 Å². The molecule has 1 atom stereocenters. The summed E-state index contributed by atoms with van der Waals surface area (Å²) in [5, 5.41) is 30.1. The molecule has 3 rings (SSSR count). The largest absolute Gasteiger partial charge is 0.394 e. The lowest BCUT2D eigenvalue weighted by atomic mass is 9.94. The topological polar surface area (TPSA) is 84.6 Å². The third-order valence-electron chi connectivity index (χ3n) is 5.17. The molecule has 2 aromatic rings. The van der Waals surface area contributed by atoms with Gasteiger partial charge < -0.3 is 15.1 Å². The van der Waals surface area contributed by atoms with Crippen LogP contribution in [0.4, 0.5) is 5.69 Å². The van der Waals surface area contributed by atoms with E-state index >= 15 is 0 Å². The van der Waals surface area contributed by atoms with Crippen LogP contribution in [-0.4, -0.2) is 41.8 Å². The van der Waals surface area contributed by atoms with Crippen molar-refractivity contribution in [1.82, 2.24) is 0 Å². The lowest BCUT2D eigenvalue weighted by molar-refractivity contribution is -0.115. The minimum absolute atomic E-state index is 0.0363. The fourth-order valence-corrected chi connectivity index (χ4v) is 3.34. The van der Waals surface area contributed by atoms with Gasteiger partial charge in [-0.05, 0) is 48.4 Å². The van der Waals surface area contributed by atoms with Crippen LogP contribution in [0.25, 0.3) is 16.3 Å². The molecule has 1 fully saturated rings. The molecule has 0 aromatic heterocycles. The molecule has 140 valence electrons. The summed E-state index contributed by atoms with van der Waals surface area (Å²) in [4.78, 5) is 14.8. The Hall–Kier alpha value is -2.68. The van der Waals surface area contributed by atoms with E-state index < -0.39 is 6.10 Å². The fraction of sp³-hybridized carbons (Fsp3) is 0.364. The quantitative estimate of drug-likeness (QED) is 0.583. The van der Waals surface area contributed by atoms with Crippen LogP contribution in [0.15, 0.2) is 42.0 Å². The van der Waals surface area contributed by atoms with E-state index in [-0.39, 0.29) is 30.8 Å². The molecule has 0 spiro atoms. The number of aliphatic hydroxyl groups is 2. The molecular weight excluding hydrogens is 340 g/mol. The summed E-state index contributed by atoms with van der Waals surface area (Å²) in [6.45, 7) is 3.49. The zero-order valence-corrected chi connectivity index (χ0v) is 15.5. The highest BCUT2D eigenvalue weighted by Gasteiger charge is 2.18. The van der Waals surface area contributed by atoms with E-state index in [1.54, 1.807) is 6.92 Å². The second kappa shape index (κ2) is 8.34. The van der Waals surface area contributed by atoms with E-state index in [0.717, 1.165) is 29.4 Å². The average Bonchev–Trinajstić information content (AvgIpc) is 2.65. The number of hydrogen-bond acceptors (Lipinski definition) is 5. The maximum absolute atomic E-state index is 12.4. The monoisotopic (exact) mass is 364 g/mol. The van der Waals surface area contributed by atoms with Crippen molar-refractivity contribution in [2.45, 2.75) is 32.3 Å². The number of benzene rings is 2. The molecule has 27 heavy (non-hydrogen) atoms. The molecule has 1 unspecified atom stereocenters. The van der Waals surface area contributed by atoms with E-state index in [1.807, 2.05) is 24.3 Å². The second-order valence-corrected chi connectivity index (χ2v) is 6.96. The SMILES string of the molecule is C/C(=C(/C#N)C(=O)CCC(O)CO)c1ccc2cccc(N3CCC3)c2c1. The van der Waals surface area contributed by atoms with Gasteiger partial charge in [-0.25, -0.2) is 0 Å². The van der Waals surface area contributed by atoms with Crippen molar-refractivity contribution in [2.24, 2.45) is 0 Å². The van der Waals surface area contributed by atoms with Crippen LogP contribution in [0, 0.1) is 11.3 Å². The molecule has 0 aliphatic carbocycles. The highest BCUT2D eigenvalue weighted by Crippen LogP contribution is 2.32. The average molecular weight is 364 g/mol. The number of nitriles is 1. The van der Waals surface area contributed by atoms with E-state index in [0.29, 0.717) is 5.57 Å². The number of allylic oxidation sites excluding steroid dienone is 2. The summed E-state index contributed by atoms with van der Waals surface area (Å²) in [7, 11) is 0. The van der Waals surface area contributed by atoms with Crippen LogP contribution in [-0.2, 0) is 4.79 Å². The maximum Gasteiger partial charge on any atom is 0.173 e. The van der Waals surface area contributed by atoms with E-state index in [4.69, 9.17) is 5.11 Å². The van der Waals surface area contributed by atoms with Crippen molar-refractivity contribution in [3.8, 4) is 6.07 Å². The number of carbonyl (C=O) groups excluding carboxylic acids is 1. The molecule has 1 heterocycles. The van der Waals surface area contributed by atoms with E-state index in [2.05, 4.69) is 23.1 Å². The molecule has 0 saturated carbocycles. The molecule has 2 aromatic carbocycles. The van der Waals surface area contributed by atoms with Gasteiger partial charge in [-0.2, -0.15) is 5.26 Å². The molecule has 1 saturated heterocycles. The van der Waals surface area contributed by atoms with Crippen LogP contribution in [0.5, 0.6) is 0 Å². The van der Waals surface area contributed by atoms with Crippen molar-refractivity contribution in [2.75, 3.05) is 24.6 Å². The number of hydrogen-bond donors (Lipinski definition) is 2. The zero-order valence-electron chi connectivity index (χ0n) is 15.5. The number of ketones is 1. The number of fused-ring (bicyclic) bond motifs is 1. The normalized spacial score (nSPS) is 15.7. The summed E-state index contributed by atoms with van der Waals surface area (Å²) in [5.74, 6) is -0.307. The van der Waals surface area contributed by atoms with Gasteiger partial charge in [0.05, 0.1) is 18.3 Å². The van der Waals surface area contributed by atoms with Crippen molar-refractivity contribution < 1.29 is 15.0 Å². The molecule has 0 radical (unpaired) electrons. The second-order valence-electron chi connectivity index (χ2n) is 6.96. The van der Waals surface area contributed by atoms with Gasteiger partial charge in [-0.1, -0.05) is 24.3 Å². The van der Waals surface area contributed by atoms with Gasteiger partial charge in [-0.15, -0.1) is 0 Å². The molecule has 5 heteroatoms. The van der Waals surface area contributed by atoms with Crippen molar-refractivity contribution in [1.29, 1.82) is 5.26 Å². The third-order valence-corrected chi connectivity index (χ3v) is 5.17. The van der Waals surface area contributed by atoms with E-state index in [1.165, 1.54) is 12.1 Å². The van der Waals surface area contributed by atoms with Crippen LogP contribution < -0.4 is 4.90 Å². The standard InChI is InChI=1S/C22H24N2O3/c1-15(20(13-23)22(27)9-8-18(26)14-25)17-7-6-16-4-2-5-21(19(16)12-17)24-10-3-11-24/h2,4-7,12,18,25-26H,3,8-11,14H2,1H3/b20-15+. The first-order chi connectivity index (χ1) is 13.0. The molecule has 1 aliphatic rings. The molecule has 5 nitrogen and oxygen atoms in total. The highest BCUT2D eigenvalue weighted by molar-refractivity contribution is 6.07. The summed E-state index contributed by atoms with van der Waals surface area (Å²) in [5.41, 5.74) is 2.79. The summed E-state index contributed by atoms with van der Waals surface area (Å²) in [6, 6.07) is 14.3. The number of nitrogens with zero attached hydrogens (tertiary/aromatic N) is 2. The Kier molecular flexibility index (Phi) is 5.90. The van der Waals surface area contributed by atoms with Crippen LogP contribution in [0.1, 0.15) is 31.7 Å². The molecule has 0 bridgehead atoms. The van der Waals surface area contributed by atoms with Gasteiger partial charge in [0, 0.05) is 30.6 Å². The smallest absolute Gasteiger partial charge is 0.173 e. The molecule has 0 amide bonds. The Bertz CT molecular complexity index is 923. The van der Waals surface area contributed by atoms with Crippen LogP contribution in [0.3, 0.4) is 0 Å². The van der Waals surface area contributed by atoms with E-state index in [9.17, 15) is 15.2 Å². The van der Waals surface area contributed by atoms with Crippen molar-refractivity contribution >= 4 is 27.8 Å². The van der Waals surface area contributed by atoms with Crippen molar-refractivity contribution in [3.63, 3.8) is 0 Å². The minimum Gasteiger partial charge on any atom is -0.394 e. The number of rotatable bonds is 7. The molecular formula is C22H24N2O3. The van der Waals surface area contributed by atoms with Gasteiger partial charge in [0.1, 0.15) is 6.07 Å². The van der Waals surface area contributed by atoms with Gasteiger partial charge in [0.2, 0.25) is 0 Å². The number of carbonyl (C=O) groups is 1. The predicted octanol–water partition coefficient (Wildman–Crippen LogP) is 3.05. The summed E-state index contributed by atoms with van der Waals surface area (Å²) >= 11 is 0. The third kappa shape index (κ3) is 4.02. The predicted molar refractivity (Wildman–Crippen MR) is 106 cm³/mol. The summed E-state index contributed by atoms with van der Waals surface area (Å²) in [6.07, 6.45) is 0.440. The van der Waals surface area contributed by atoms with Gasteiger partial charge in [0.25, 0.3) is 0 Å². The van der Waals surface area contributed by atoms with Gasteiger partial charge >= 0.3 is 0 Å². The highest BCUT2D eigenvalue weighted by atomic mass is 16.3. The molecule has 1 aliphatic heterocycles.